The molecule has 1 aliphatic rings. The van der Waals surface area contributed by atoms with Crippen LogP contribution in [0, 0.1) is 0 Å². The molecule has 0 unspecified atom stereocenters. The van der Waals surface area contributed by atoms with E-state index >= 15 is 0 Å². The van der Waals surface area contributed by atoms with E-state index in [0.29, 0.717) is 10.6 Å². The van der Waals surface area contributed by atoms with Crippen LogP contribution >= 0.6 is 11.6 Å². The van der Waals surface area contributed by atoms with Crippen LogP contribution in [0.3, 0.4) is 0 Å². The van der Waals surface area contributed by atoms with Gasteiger partial charge in [-0.05, 0) is 17.7 Å². The number of hydrogen-bond donors (Lipinski definition) is 5. The average molecular weight is 367 g/mol. The molecule has 2 rings (SSSR count). The third-order valence-corrected chi connectivity index (χ3v) is 4.11. The first-order valence-corrected chi connectivity index (χ1v) is 7.78. The van der Waals surface area contributed by atoms with Crippen molar-refractivity contribution in [1.82, 2.24) is 21.1 Å². The number of nitrogens with zero attached hydrogens (tertiary/aromatic N) is 1. The number of aliphatic carboxylic acids is 2. The van der Waals surface area contributed by atoms with Gasteiger partial charge in [0.1, 0.15) is 11.6 Å². The molecular weight excluding hydrogens is 348 g/mol. The molecular formula is C16H19ClN4O4. The number of rotatable bonds is 6. The van der Waals surface area contributed by atoms with E-state index in [1.165, 1.54) is 5.01 Å². The molecule has 0 fully saturated rings. The summed E-state index contributed by atoms with van der Waals surface area (Å²) in [6.45, 7) is 0. The standard InChI is InChI=1S/C16H19ClN4O4/c1-18-13-11(15(22)23)10(8-5-4-6-9(17)7-8)12(16(24)25)14(19-2)21(13)20-3/h4-7,10,18-20H,1-3H3,(H,22,23)(H,24,25). The van der Waals surface area contributed by atoms with Gasteiger partial charge < -0.3 is 20.8 Å². The molecule has 0 saturated heterocycles. The quantitative estimate of drug-likeness (QED) is 0.504. The average Bonchev–Trinajstić information content (AvgIpc) is 2.58. The Hall–Kier alpha value is -2.71. The normalized spacial score (nSPS) is 15.4. The minimum Gasteiger partial charge on any atom is -0.478 e. The van der Waals surface area contributed by atoms with E-state index in [0.717, 1.165) is 0 Å². The summed E-state index contributed by atoms with van der Waals surface area (Å²) in [6, 6.07) is 6.50. The van der Waals surface area contributed by atoms with Crippen molar-refractivity contribution in [3.05, 3.63) is 57.6 Å². The fourth-order valence-corrected chi connectivity index (χ4v) is 3.15. The lowest BCUT2D eigenvalue weighted by Gasteiger charge is -2.37. The van der Waals surface area contributed by atoms with Crippen molar-refractivity contribution in [2.24, 2.45) is 0 Å². The lowest BCUT2D eigenvalue weighted by atomic mass is 9.82. The van der Waals surface area contributed by atoms with E-state index in [1.54, 1.807) is 45.4 Å². The van der Waals surface area contributed by atoms with E-state index in [-0.39, 0.29) is 22.8 Å². The molecule has 0 bridgehead atoms. The Morgan fingerprint density at radius 2 is 1.56 bits per heavy atom. The first kappa shape index (κ1) is 18.6. The summed E-state index contributed by atoms with van der Waals surface area (Å²) in [5, 5.41) is 27.0. The SMILES string of the molecule is CNC1=C(C(=O)O)C(c2cccc(Cl)c2)C(C(=O)O)=C(NC)N1NC. The highest BCUT2D eigenvalue weighted by Gasteiger charge is 2.41. The third kappa shape index (κ3) is 3.26. The predicted molar refractivity (Wildman–Crippen MR) is 92.5 cm³/mol. The Balaban J connectivity index is 2.86. The molecule has 0 aliphatic carbocycles. The van der Waals surface area contributed by atoms with Crippen molar-refractivity contribution in [3.63, 3.8) is 0 Å². The van der Waals surface area contributed by atoms with Crippen molar-refractivity contribution in [2.75, 3.05) is 21.1 Å². The first-order valence-electron chi connectivity index (χ1n) is 7.40. The van der Waals surface area contributed by atoms with Crippen molar-refractivity contribution in [3.8, 4) is 0 Å². The predicted octanol–water partition coefficient (Wildman–Crippen LogP) is 0.905. The summed E-state index contributed by atoms with van der Waals surface area (Å²) in [5.74, 6) is -3.01. The van der Waals surface area contributed by atoms with Crippen molar-refractivity contribution < 1.29 is 19.8 Å². The summed E-state index contributed by atoms with van der Waals surface area (Å²) < 4.78 is 0. The maximum Gasteiger partial charge on any atom is 0.336 e. The largest absolute Gasteiger partial charge is 0.478 e. The van der Waals surface area contributed by atoms with Gasteiger partial charge >= 0.3 is 11.9 Å². The van der Waals surface area contributed by atoms with Gasteiger partial charge in [0.15, 0.2) is 0 Å². The van der Waals surface area contributed by atoms with Crippen LogP contribution in [0.5, 0.6) is 0 Å². The lowest BCUT2D eigenvalue weighted by Crippen LogP contribution is -2.48. The Morgan fingerprint density at radius 1 is 1.04 bits per heavy atom. The molecule has 0 amide bonds. The summed E-state index contributed by atoms with van der Waals surface area (Å²) in [5.41, 5.74) is 3.07. The summed E-state index contributed by atoms with van der Waals surface area (Å²) in [6.07, 6.45) is 0. The summed E-state index contributed by atoms with van der Waals surface area (Å²) >= 11 is 6.03. The molecule has 134 valence electrons. The first-order chi connectivity index (χ1) is 11.9. The molecule has 1 heterocycles. The third-order valence-electron chi connectivity index (χ3n) is 3.87. The monoisotopic (exact) mass is 366 g/mol. The van der Waals surface area contributed by atoms with Crippen LogP contribution in [-0.2, 0) is 9.59 Å². The molecule has 25 heavy (non-hydrogen) atoms. The van der Waals surface area contributed by atoms with Crippen LogP contribution in [0.2, 0.25) is 5.02 Å². The highest BCUT2D eigenvalue weighted by molar-refractivity contribution is 6.30. The van der Waals surface area contributed by atoms with E-state index in [2.05, 4.69) is 16.1 Å². The second-order valence-corrected chi connectivity index (χ2v) is 5.62. The van der Waals surface area contributed by atoms with Crippen LogP contribution < -0.4 is 16.1 Å². The van der Waals surface area contributed by atoms with Crippen molar-refractivity contribution >= 4 is 23.5 Å². The number of hydrogen-bond acceptors (Lipinski definition) is 6. The number of carboxylic acids is 2. The fourth-order valence-electron chi connectivity index (χ4n) is 2.96. The zero-order chi connectivity index (χ0) is 18.7. The number of halogens is 1. The van der Waals surface area contributed by atoms with Gasteiger partial charge in [0.05, 0.1) is 17.1 Å². The minimum atomic E-state index is -1.23. The highest BCUT2D eigenvalue weighted by atomic mass is 35.5. The number of carbonyl (C=O) groups is 2. The second kappa shape index (κ2) is 7.45. The molecule has 0 aromatic heterocycles. The lowest BCUT2D eigenvalue weighted by molar-refractivity contribution is -0.133. The van der Waals surface area contributed by atoms with Gasteiger partial charge in [-0.25, -0.2) is 20.0 Å². The van der Waals surface area contributed by atoms with E-state index < -0.39 is 17.9 Å². The highest BCUT2D eigenvalue weighted by Crippen LogP contribution is 2.40. The van der Waals surface area contributed by atoms with E-state index in [1.807, 2.05) is 0 Å². The molecule has 0 spiro atoms. The topological polar surface area (TPSA) is 114 Å². The zero-order valence-electron chi connectivity index (χ0n) is 13.9. The molecule has 0 radical (unpaired) electrons. The number of carboxylic acid groups (broad SMARTS) is 2. The minimum absolute atomic E-state index is 0.101. The van der Waals surface area contributed by atoms with Gasteiger partial charge in [0.2, 0.25) is 0 Å². The van der Waals surface area contributed by atoms with Crippen LogP contribution in [-0.4, -0.2) is 48.3 Å². The second-order valence-electron chi connectivity index (χ2n) is 5.18. The molecule has 1 aliphatic heterocycles. The molecule has 9 heteroatoms. The fraction of sp³-hybridized carbons (Fsp3) is 0.250. The summed E-state index contributed by atoms with van der Waals surface area (Å²) in [4.78, 5) is 24.0. The maximum absolute atomic E-state index is 12.0. The Morgan fingerprint density at radius 3 is 1.92 bits per heavy atom. The Kier molecular flexibility index (Phi) is 5.55. The maximum atomic E-state index is 12.0. The molecule has 0 saturated carbocycles. The van der Waals surface area contributed by atoms with Crippen LogP contribution in [0.1, 0.15) is 11.5 Å². The Labute approximate surface area is 149 Å². The van der Waals surface area contributed by atoms with Gasteiger partial charge in [0.25, 0.3) is 0 Å². The van der Waals surface area contributed by atoms with Gasteiger partial charge in [-0.2, -0.15) is 0 Å². The van der Waals surface area contributed by atoms with Crippen molar-refractivity contribution in [2.45, 2.75) is 5.92 Å². The molecule has 0 atom stereocenters. The molecule has 1 aromatic carbocycles. The van der Waals surface area contributed by atoms with Crippen LogP contribution in [0.4, 0.5) is 0 Å². The van der Waals surface area contributed by atoms with E-state index in [4.69, 9.17) is 11.6 Å². The van der Waals surface area contributed by atoms with Crippen LogP contribution in [0.15, 0.2) is 47.1 Å². The number of hydrazine groups is 1. The van der Waals surface area contributed by atoms with Gasteiger partial charge in [-0.15, -0.1) is 0 Å². The zero-order valence-corrected chi connectivity index (χ0v) is 14.7. The van der Waals surface area contributed by atoms with Crippen molar-refractivity contribution in [1.29, 1.82) is 0 Å². The smallest absolute Gasteiger partial charge is 0.336 e. The van der Waals surface area contributed by atoms with Gasteiger partial charge in [0, 0.05) is 26.2 Å². The van der Waals surface area contributed by atoms with Gasteiger partial charge in [-0.1, -0.05) is 23.7 Å². The number of nitrogens with one attached hydrogen (secondary N) is 3. The van der Waals surface area contributed by atoms with E-state index in [9.17, 15) is 19.8 Å². The Bertz CT molecular complexity index is 735. The van der Waals surface area contributed by atoms with Crippen LogP contribution in [0.25, 0.3) is 0 Å². The number of benzene rings is 1. The molecule has 1 aromatic rings. The van der Waals surface area contributed by atoms with Gasteiger partial charge in [-0.3, -0.25) is 0 Å². The molecule has 8 nitrogen and oxygen atoms in total. The molecule has 5 N–H and O–H groups in total. The summed E-state index contributed by atoms with van der Waals surface area (Å²) in [7, 11) is 4.70.